The number of β-amino-alcohol motifs (C(OH)–C–C–N with tert-alkyl or cyclic N) is 1. The Balaban J connectivity index is 2.33. The van der Waals surface area contributed by atoms with Gasteiger partial charge >= 0.3 is 0 Å². The Morgan fingerprint density at radius 1 is 1.45 bits per heavy atom. The normalized spacial score (nSPS) is 24.6. The van der Waals surface area contributed by atoms with Gasteiger partial charge in [0.2, 0.25) is 10.0 Å². The standard InChI is InChI=1S/C13H20N2O4S/c1-13(16)6-3-7-15(9-13)20(17,18)10-4-5-12(19-2)11(14)8-10/h4-5,8,16H,3,6-7,9,14H2,1-2H3. The van der Waals surface area contributed by atoms with Crippen LogP contribution in [0.4, 0.5) is 5.69 Å². The fraction of sp³-hybridized carbons (Fsp3) is 0.538. The zero-order valence-electron chi connectivity index (χ0n) is 11.7. The Labute approximate surface area is 119 Å². The lowest BCUT2D eigenvalue weighted by Crippen LogP contribution is -2.48. The molecule has 1 aromatic rings. The third-order valence-electron chi connectivity index (χ3n) is 3.48. The molecule has 1 aliphatic heterocycles. The molecular formula is C13H20N2O4S. The van der Waals surface area contributed by atoms with Gasteiger partial charge in [-0.3, -0.25) is 0 Å². The molecule has 7 heteroatoms. The van der Waals surface area contributed by atoms with Crippen molar-refractivity contribution in [3.63, 3.8) is 0 Å². The van der Waals surface area contributed by atoms with Crippen molar-refractivity contribution in [1.29, 1.82) is 0 Å². The minimum atomic E-state index is -3.64. The molecule has 6 nitrogen and oxygen atoms in total. The summed E-state index contributed by atoms with van der Waals surface area (Å²) in [6.07, 6.45) is 1.24. The second-order valence-corrected chi connectivity index (χ2v) is 7.28. The SMILES string of the molecule is COc1ccc(S(=O)(=O)N2CCCC(C)(O)C2)cc1N. The molecule has 20 heavy (non-hydrogen) atoms. The number of methoxy groups -OCH3 is 1. The van der Waals surface area contributed by atoms with Crippen LogP contribution in [0, 0.1) is 0 Å². The molecule has 0 spiro atoms. The number of sulfonamides is 1. The van der Waals surface area contributed by atoms with Gasteiger partial charge in [-0.25, -0.2) is 8.42 Å². The van der Waals surface area contributed by atoms with Crippen molar-refractivity contribution < 1.29 is 18.3 Å². The number of nitrogen functional groups attached to an aromatic ring is 1. The third kappa shape index (κ3) is 2.89. The maximum Gasteiger partial charge on any atom is 0.243 e. The minimum absolute atomic E-state index is 0.0985. The van der Waals surface area contributed by atoms with Crippen molar-refractivity contribution in [3.8, 4) is 5.75 Å². The van der Waals surface area contributed by atoms with Gasteiger partial charge in [-0.15, -0.1) is 0 Å². The molecule has 1 atom stereocenters. The van der Waals surface area contributed by atoms with E-state index in [1.54, 1.807) is 6.92 Å². The molecule has 1 aliphatic rings. The van der Waals surface area contributed by atoms with E-state index in [4.69, 9.17) is 10.5 Å². The van der Waals surface area contributed by atoms with Crippen LogP contribution in [0.1, 0.15) is 19.8 Å². The number of hydrogen-bond donors (Lipinski definition) is 2. The van der Waals surface area contributed by atoms with E-state index < -0.39 is 15.6 Å². The number of hydrogen-bond acceptors (Lipinski definition) is 5. The Morgan fingerprint density at radius 2 is 2.15 bits per heavy atom. The molecular weight excluding hydrogens is 280 g/mol. The average Bonchev–Trinajstić information content (AvgIpc) is 2.37. The van der Waals surface area contributed by atoms with Gasteiger partial charge in [0.15, 0.2) is 0 Å². The quantitative estimate of drug-likeness (QED) is 0.806. The first-order valence-electron chi connectivity index (χ1n) is 6.42. The molecule has 3 N–H and O–H groups in total. The maximum absolute atomic E-state index is 12.5. The van der Waals surface area contributed by atoms with Crippen molar-refractivity contribution in [2.24, 2.45) is 0 Å². The number of nitrogens with two attached hydrogens (primary N) is 1. The molecule has 0 aromatic heterocycles. The molecule has 1 fully saturated rings. The van der Waals surface area contributed by atoms with E-state index in [0.29, 0.717) is 25.1 Å². The van der Waals surface area contributed by atoms with Gasteiger partial charge in [0.25, 0.3) is 0 Å². The molecule has 0 saturated carbocycles. The Hall–Kier alpha value is -1.31. The van der Waals surface area contributed by atoms with E-state index >= 15 is 0 Å². The van der Waals surface area contributed by atoms with Crippen LogP contribution < -0.4 is 10.5 Å². The summed E-state index contributed by atoms with van der Waals surface area (Å²) >= 11 is 0. The monoisotopic (exact) mass is 300 g/mol. The number of rotatable bonds is 3. The van der Waals surface area contributed by atoms with Gasteiger partial charge in [0.05, 0.1) is 23.3 Å². The number of anilines is 1. The summed E-state index contributed by atoms with van der Waals surface area (Å²) in [6, 6.07) is 4.38. The fourth-order valence-corrected chi connectivity index (χ4v) is 4.03. The summed E-state index contributed by atoms with van der Waals surface area (Å²) in [5, 5.41) is 10.0. The maximum atomic E-state index is 12.5. The zero-order valence-corrected chi connectivity index (χ0v) is 12.5. The van der Waals surface area contributed by atoms with Crippen LogP contribution in [0.2, 0.25) is 0 Å². The second-order valence-electron chi connectivity index (χ2n) is 5.34. The van der Waals surface area contributed by atoms with Crippen molar-refractivity contribution in [2.75, 3.05) is 25.9 Å². The highest BCUT2D eigenvalue weighted by Gasteiger charge is 2.35. The Morgan fingerprint density at radius 3 is 2.70 bits per heavy atom. The van der Waals surface area contributed by atoms with Gasteiger partial charge in [-0.05, 0) is 38.0 Å². The molecule has 0 amide bonds. The molecule has 2 rings (SSSR count). The number of piperidine rings is 1. The predicted molar refractivity (Wildman–Crippen MR) is 76.0 cm³/mol. The van der Waals surface area contributed by atoms with E-state index in [1.165, 1.54) is 29.6 Å². The smallest absolute Gasteiger partial charge is 0.243 e. The highest BCUT2D eigenvalue weighted by atomic mass is 32.2. The predicted octanol–water partition coefficient (Wildman–Crippen LogP) is 0.813. The fourth-order valence-electron chi connectivity index (χ4n) is 2.40. The first-order valence-corrected chi connectivity index (χ1v) is 7.86. The van der Waals surface area contributed by atoms with Gasteiger partial charge in [-0.1, -0.05) is 0 Å². The molecule has 1 aromatic carbocycles. The van der Waals surface area contributed by atoms with Gasteiger partial charge in [0.1, 0.15) is 5.75 Å². The second kappa shape index (κ2) is 5.23. The van der Waals surface area contributed by atoms with Crippen LogP contribution >= 0.6 is 0 Å². The first-order chi connectivity index (χ1) is 9.26. The molecule has 0 bridgehead atoms. The topological polar surface area (TPSA) is 92.9 Å². The Bertz CT molecular complexity index is 598. The number of ether oxygens (including phenoxy) is 1. The molecule has 0 radical (unpaired) electrons. The highest BCUT2D eigenvalue weighted by molar-refractivity contribution is 7.89. The van der Waals surface area contributed by atoms with Crippen LogP contribution in [0.25, 0.3) is 0 Å². The van der Waals surface area contributed by atoms with Crippen molar-refractivity contribution in [2.45, 2.75) is 30.3 Å². The van der Waals surface area contributed by atoms with E-state index in [9.17, 15) is 13.5 Å². The lowest BCUT2D eigenvalue weighted by atomic mass is 9.97. The van der Waals surface area contributed by atoms with Gasteiger partial charge in [-0.2, -0.15) is 4.31 Å². The van der Waals surface area contributed by atoms with E-state index in [2.05, 4.69) is 0 Å². The summed E-state index contributed by atoms with van der Waals surface area (Å²) < 4.78 is 31.4. The summed E-state index contributed by atoms with van der Waals surface area (Å²) in [4.78, 5) is 0.119. The zero-order chi connectivity index (χ0) is 15.0. The molecule has 1 unspecified atom stereocenters. The van der Waals surface area contributed by atoms with Gasteiger partial charge in [0, 0.05) is 13.1 Å². The Kier molecular flexibility index (Phi) is 3.95. The van der Waals surface area contributed by atoms with Crippen molar-refractivity contribution >= 4 is 15.7 Å². The minimum Gasteiger partial charge on any atom is -0.495 e. The number of aliphatic hydroxyl groups is 1. The van der Waals surface area contributed by atoms with Crippen LogP contribution in [0.5, 0.6) is 5.75 Å². The molecule has 1 heterocycles. The summed E-state index contributed by atoms with van der Waals surface area (Å²) in [5.41, 5.74) is 5.05. The summed E-state index contributed by atoms with van der Waals surface area (Å²) in [5.74, 6) is 0.439. The largest absolute Gasteiger partial charge is 0.495 e. The van der Waals surface area contributed by atoms with Crippen LogP contribution in [-0.2, 0) is 10.0 Å². The highest BCUT2D eigenvalue weighted by Crippen LogP contribution is 2.29. The average molecular weight is 300 g/mol. The van der Waals surface area contributed by atoms with Gasteiger partial charge < -0.3 is 15.6 Å². The molecule has 112 valence electrons. The summed E-state index contributed by atoms with van der Waals surface area (Å²) in [6.45, 7) is 2.16. The van der Waals surface area contributed by atoms with Crippen molar-refractivity contribution in [3.05, 3.63) is 18.2 Å². The van der Waals surface area contributed by atoms with Crippen LogP contribution in [0.15, 0.2) is 23.1 Å². The van der Waals surface area contributed by atoms with Crippen LogP contribution in [0.3, 0.4) is 0 Å². The van der Waals surface area contributed by atoms with E-state index in [1.807, 2.05) is 0 Å². The lowest BCUT2D eigenvalue weighted by molar-refractivity contribution is 0.00940. The van der Waals surface area contributed by atoms with Crippen LogP contribution in [-0.4, -0.2) is 43.6 Å². The van der Waals surface area contributed by atoms with E-state index in [-0.39, 0.29) is 17.1 Å². The number of nitrogens with zero attached hydrogens (tertiary/aromatic N) is 1. The lowest BCUT2D eigenvalue weighted by Gasteiger charge is -2.35. The third-order valence-corrected chi connectivity index (χ3v) is 5.32. The number of benzene rings is 1. The first kappa shape index (κ1) is 15.1. The van der Waals surface area contributed by atoms with E-state index in [0.717, 1.165) is 0 Å². The van der Waals surface area contributed by atoms with Crippen molar-refractivity contribution in [1.82, 2.24) is 4.31 Å². The molecule has 0 aliphatic carbocycles. The molecule has 1 saturated heterocycles. The summed E-state index contributed by atoms with van der Waals surface area (Å²) in [7, 11) is -2.17.